The Morgan fingerprint density at radius 3 is 2.50 bits per heavy atom. The Morgan fingerprint density at radius 2 is 2.06 bits per heavy atom. The highest BCUT2D eigenvalue weighted by atomic mass is 16.6. The quantitative estimate of drug-likeness (QED) is 0.678. The third-order valence-electron chi connectivity index (χ3n) is 1.81. The average molecular weight is 218 g/mol. The van der Waals surface area contributed by atoms with E-state index in [1.807, 2.05) is 6.07 Å². The summed E-state index contributed by atoms with van der Waals surface area (Å²) in [6, 6.07) is 5.07. The van der Waals surface area contributed by atoms with Gasteiger partial charge in [0.05, 0.1) is 11.3 Å². The molecule has 0 aromatic carbocycles. The number of pyridine rings is 1. The van der Waals surface area contributed by atoms with Crippen LogP contribution >= 0.6 is 0 Å². The number of hydrogen-bond donors (Lipinski definition) is 0. The van der Waals surface area contributed by atoms with Gasteiger partial charge < -0.3 is 4.74 Å². The van der Waals surface area contributed by atoms with Crippen LogP contribution in [0.25, 0.3) is 0 Å². The first-order valence-corrected chi connectivity index (χ1v) is 4.94. The Kier molecular flexibility index (Phi) is 3.28. The van der Waals surface area contributed by atoms with Gasteiger partial charge in [0, 0.05) is 0 Å². The molecule has 84 valence electrons. The summed E-state index contributed by atoms with van der Waals surface area (Å²) in [5, 5.41) is 8.73. The van der Waals surface area contributed by atoms with E-state index >= 15 is 0 Å². The van der Waals surface area contributed by atoms with Gasteiger partial charge in [-0.15, -0.1) is 0 Å². The summed E-state index contributed by atoms with van der Waals surface area (Å²) in [5.41, 5.74) is 0.685. The lowest BCUT2D eigenvalue weighted by molar-refractivity contribution is 0.00626. The number of carbonyl (C=O) groups excluding carboxylic acids is 1. The fourth-order valence-corrected chi connectivity index (χ4v) is 1.12. The molecule has 0 aliphatic heterocycles. The Labute approximate surface area is 94.9 Å². The van der Waals surface area contributed by atoms with Gasteiger partial charge in [-0.2, -0.15) is 5.26 Å². The molecule has 0 saturated heterocycles. The molecule has 0 saturated carbocycles. The van der Waals surface area contributed by atoms with Crippen LogP contribution in [0.5, 0.6) is 0 Å². The van der Waals surface area contributed by atoms with Gasteiger partial charge in [0.2, 0.25) is 0 Å². The maximum absolute atomic E-state index is 11.6. The van der Waals surface area contributed by atoms with Crippen LogP contribution in [0.3, 0.4) is 0 Å². The van der Waals surface area contributed by atoms with E-state index in [1.165, 1.54) is 6.07 Å². The first kappa shape index (κ1) is 12.2. The molecule has 0 bridgehead atoms. The topological polar surface area (TPSA) is 63.0 Å². The molecule has 16 heavy (non-hydrogen) atoms. The van der Waals surface area contributed by atoms with E-state index in [-0.39, 0.29) is 5.69 Å². The summed E-state index contributed by atoms with van der Waals surface area (Å²) in [6.45, 7) is 7.07. The third-order valence-corrected chi connectivity index (χ3v) is 1.81. The molecule has 1 rings (SSSR count). The highest BCUT2D eigenvalue weighted by molar-refractivity contribution is 5.87. The van der Waals surface area contributed by atoms with Gasteiger partial charge in [-0.3, -0.25) is 0 Å². The minimum atomic E-state index is -0.541. The molecule has 1 aromatic heterocycles. The van der Waals surface area contributed by atoms with Crippen molar-refractivity contribution in [2.45, 2.75) is 33.3 Å². The number of carbonyl (C=O) groups is 1. The Hall–Kier alpha value is -1.89. The lowest BCUT2D eigenvalue weighted by Gasteiger charge is -2.19. The monoisotopic (exact) mass is 218 g/mol. The summed E-state index contributed by atoms with van der Waals surface area (Å²) >= 11 is 0. The highest BCUT2D eigenvalue weighted by Crippen LogP contribution is 2.12. The van der Waals surface area contributed by atoms with Crippen LogP contribution in [0, 0.1) is 18.3 Å². The molecule has 1 aromatic rings. The van der Waals surface area contributed by atoms with Crippen LogP contribution in [0.2, 0.25) is 0 Å². The Morgan fingerprint density at radius 1 is 1.44 bits per heavy atom. The van der Waals surface area contributed by atoms with Crippen molar-refractivity contribution in [3.63, 3.8) is 0 Å². The standard InChI is InChI=1S/C12H14N2O2/c1-8-9(7-13)5-6-10(14-8)11(15)16-12(2,3)4/h5-6H,1-4H3. The number of nitrogens with zero attached hydrogens (tertiary/aromatic N) is 2. The molecule has 0 aliphatic rings. The van der Waals surface area contributed by atoms with Crippen molar-refractivity contribution >= 4 is 5.97 Å². The Bertz CT molecular complexity index is 453. The molecule has 0 spiro atoms. The first-order valence-electron chi connectivity index (χ1n) is 4.94. The second-order valence-electron chi connectivity index (χ2n) is 4.44. The van der Waals surface area contributed by atoms with Crippen molar-refractivity contribution in [2.24, 2.45) is 0 Å². The third kappa shape index (κ3) is 3.06. The predicted octanol–water partition coefficient (Wildman–Crippen LogP) is 2.22. The van der Waals surface area contributed by atoms with Crippen molar-refractivity contribution in [1.82, 2.24) is 4.98 Å². The lowest BCUT2D eigenvalue weighted by Crippen LogP contribution is -2.24. The number of rotatable bonds is 1. The van der Waals surface area contributed by atoms with Crippen LogP contribution in [-0.4, -0.2) is 16.6 Å². The summed E-state index contributed by atoms with van der Waals surface area (Å²) < 4.78 is 5.17. The molecule has 0 unspecified atom stereocenters. The largest absolute Gasteiger partial charge is 0.455 e. The van der Waals surface area contributed by atoms with Crippen LogP contribution in [0.4, 0.5) is 0 Å². The SMILES string of the molecule is Cc1nc(C(=O)OC(C)(C)C)ccc1C#N. The molecule has 0 atom stereocenters. The van der Waals surface area contributed by atoms with E-state index in [4.69, 9.17) is 10.00 Å². The fraction of sp³-hybridized carbons (Fsp3) is 0.417. The van der Waals surface area contributed by atoms with Gasteiger partial charge in [0.15, 0.2) is 0 Å². The minimum absolute atomic E-state index is 0.228. The number of nitriles is 1. The molecular weight excluding hydrogens is 204 g/mol. The maximum atomic E-state index is 11.6. The van der Waals surface area contributed by atoms with Gasteiger partial charge in [0.25, 0.3) is 0 Å². The molecule has 0 radical (unpaired) electrons. The number of aromatic nitrogens is 1. The zero-order valence-corrected chi connectivity index (χ0v) is 9.87. The summed E-state index contributed by atoms with van der Waals surface area (Å²) in [7, 11) is 0. The average Bonchev–Trinajstić information content (AvgIpc) is 2.15. The molecule has 1 heterocycles. The second kappa shape index (κ2) is 4.31. The van der Waals surface area contributed by atoms with E-state index in [0.717, 1.165) is 0 Å². The van der Waals surface area contributed by atoms with E-state index < -0.39 is 11.6 Å². The normalized spacial score (nSPS) is 10.7. The zero-order chi connectivity index (χ0) is 12.3. The lowest BCUT2D eigenvalue weighted by atomic mass is 10.2. The van der Waals surface area contributed by atoms with Gasteiger partial charge in [0.1, 0.15) is 17.4 Å². The molecule has 0 amide bonds. The number of esters is 1. The predicted molar refractivity (Wildman–Crippen MR) is 58.9 cm³/mol. The van der Waals surface area contributed by atoms with Gasteiger partial charge in [-0.05, 0) is 39.8 Å². The molecule has 0 fully saturated rings. The zero-order valence-electron chi connectivity index (χ0n) is 9.87. The smallest absolute Gasteiger partial charge is 0.357 e. The van der Waals surface area contributed by atoms with Gasteiger partial charge in [-0.1, -0.05) is 0 Å². The Balaban J connectivity index is 2.95. The first-order chi connectivity index (χ1) is 7.33. The summed E-state index contributed by atoms with van der Waals surface area (Å²) in [6.07, 6.45) is 0. The van der Waals surface area contributed by atoms with Crippen LogP contribution in [-0.2, 0) is 4.74 Å². The summed E-state index contributed by atoms with van der Waals surface area (Å²) in [4.78, 5) is 15.7. The highest BCUT2D eigenvalue weighted by Gasteiger charge is 2.19. The number of aryl methyl sites for hydroxylation is 1. The molecule has 4 heteroatoms. The van der Waals surface area contributed by atoms with E-state index in [2.05, 4.69) is 4.98 Å². The van der Waals surface area contributed by atoms with E-state index in [1.54, 1.807) is 33.8 Å². The molecule has 0 N–H and O–H groups in total. The van der Waals surface area contributed by atoms with Crippen LogP contribution in [0.1, 0.15) is 42.5 Å². The summed E-state index contributed by atoms with van der Waals surface area (Å²) in [5.74, 6) is -0.472. The molecule has 0 aliphatic carbocycles. The van der Waals surface area contributed by atoms with Crippen molar-refractivity contribution < 1.29 is 9.53 Å². The van der Waals surface area contributed by atoms with Crippen molar-refractivity contribution in [2.75, 3.05) is 0 Å². The van der Waals surface area contributed by atoms with E-state index in [0.29, 0.717) is 11.3 Å². The number of hydrogen-bond acceptors (Lipinski definition) is 4. The van der Waals surface area contributed by atoms with Crippen LogP contribution < -0.4 is 0 Å². The maximum Gasteiger partial charge on any atom is 0.357 e. The van der Waals surface area contributed by atoms with Crippen LogP contribution in [0.15, 0.2) is 12.1 Å². The van der Waals surface area contributed by atoms with Crippen molar-refractivity contribution in [3.8, 4) is 6.07 Å². The molecular formula is C12H14N2O2. The van der Waals surface area contributed by atoms with Gasteiger partial charge >= 0.3 is 5.97 Å². The minimum Gasteiger partial charge on any atom is -0.455 e. The van der Waals surface area contributed by atoms with Crippen molar-refractivity contribution in [1.29, 1.82) is 5.26 Å². The molecule has 4 nitrogen and oxygen atoms in total. The number of ether oxygens (including phenoxy) is 1. The fourth-order valence-electron chi connectivity index (χ4n) is 1.12. The van der Waals surface area contributed by atoms with E-state index in [9.17, 15) is 4.79 Å². The van der Waals surface area contributed by atoms with Gasteiger partial charge in [-0.25, -0.2) is 9.78 Å². The van der Waals surface area contributed by atoms with Crippen molar-refractivity contribution in [3.05, 3.63) is 29.1 Å². The second-order valence-corrected chi connectivity index (χ2v) is 4.44.